The lowest BCUT2D eigenvalue weighted by Gasteiger charge is -2.03. The average Bonchev–Trinajstić information content (AvgIpc) is 2.71. The van der Waals surface area contributed by atoms with Gasteiger partial charge in [0.1, 0.15) is 5.69 Å². The van der Waals surface area contributed by atoms with Crippen LogP contribution in [0.4, 0.5) is 4.39 Å². The average molecular weight is 239 g/mol. The SMILES string of the molecule is CC(=O)c1cnn(-c2cccc(Cl)c2F)c1. The number of carbonyl (C=O) groups excluding carboxylic acids is 1. The van der Waals surface area contributed by atoms with E-state index in [2.05, 4.69) is 5.10 Å². The Morgan fingerprint density at radius 3 is 2.88 bits per heavy atom. The lowest BCUT2D eigenvalue weighted by atomic mass is 10.2. The van der Waals surface area contributed by atoms with Crippen molar-refractivity contribution in [2.75, 3.05) is 0 Å². The lowest BCUT2D eigenvalue weighted by Crippen LogP contribution is -1.98. The predicted molar refractivity (Wildman–Crippen MR) is 58.5 cm³/mol. The highest BCUT2D eigenvalue weighted by Gasteiger charge is 2.10. The molecule has 0 aliphatic heterocycles. The van der Waals surface area contributed by atoms with Crippen LogP contribution in [-0.4, -0.2) is 15.6 Å². The lowest BCUT2D eigenvalue weighted by molar-refractivity contribution is 0.101. The van der Waals surface area contributed by atoms with Crippen molar-refractivity contribution in [3.05, 3.63) is 47.0 Å². The van der Waals surface area contributed by atoms with E-state index in [1.54, 1.807) is 6.07 Å². The van der Waals surface area contributed by atoms with Gasteiger partial charge in [0.05, 0.1) is 16.8 Å². The number of halogens is 2. The number of ketones is 1. The van der Waals surface area contributed by atoms with Crippen LogP contribution in [0.25, 0.3) is 5.69 Å². The molecule has 1 aromatic carbocycles. The molecule has 0 aliphatic rings. The number of nitrogens with zero attached hydrogens (tertiary/aromatic N) is 2. The fourth-order valence-corrected chi connectivity index (χ4v) is 1.48. The van der Waals surface area contributed by atoms with Crippen molar-refractivity contribution in [2.45, 2.75) is 6.92 Å². The van der Waals surface area contributed by atoms with Gasteiger partial charge in [-0.15, -0.1) is 0 Å². The number of hydrogen-bond acceptors (Lipinski definition) is 2. The summed E-state index contributed by atoms with van der Waals surface area (Å²) in [6.45, 7) is 1.43. The van der Waals surface area contributed by atoms with E-state index >= 15 is 0 Å². The Bertz CT molecular complexity index is 551. The third-order valence-corrected chi connectivity index (χ3v) is 2.46. The summed E-state index contributed by atoms with van der Waals surface area (Å²) in [5, 5.41) is 3.93. The second-order valence-corrected chi connectivity index (χ2v) is 3.71. The zero-order valence-corrected chi connectivity index (χ0v) is 9.20. The van der Waals surface area contributed by atoms with E-state index in [1.165, 1.54) is 36.1 Å². The molecule has 0 fully saturated rings. The largest absolute Gasteiger partial charge is 0.294 e. The Balaban J connectivity index is 2.50. The summed E-state index contributed by atoms with van der Waals surface area (Å²) in [7, 11) is 0. The van der Waals surface area contributed by atoms with Gasteiger partial charge >= 0.3 is 0 Å². The molecular formula is C11H8ClFN2O. The summed E-state index contributed by atoms with van der Waals surface area (Å²) in [4.78, 5) is 11.1. The third kappa shape index (κ3) is 1.84. The van der Waals surface area contributed by atoms with Crippen LogP contribution in [0.2, 0.25) is 5.02 Å². The molecule has 0 aliphatic carbocycles. The number of carbonyl (C=O) groups is 1. The first-order chi connectivity index (χ1) is 7.59. The van der Waals surface area contributed by atoms with E-state index in [0.29, 0.717) is 5.56 Å². The fourth-order valence-electron chi connectivity index (χ4n) is 1.31. The van der Waals surface area contributed by atoms with Gasteiger partial charge in [-0.05, 0) is 19.1 Å². The summed E-state index contributed by atoms with van der Waals surface area (Å²) in [6.07, 6.45) is 2.86. The summed E-state index contributed by atoms with van der Waals surface area (Å²) in [5.74, 6) is -0.670. The van der Waals surface area contributed by atoms with Crippen LogP contribution in [0.3, 0.4) is 0 Å². The number of rotatable bonds is 2. The van der Waals surface area contributed by atoms with Crippen LogP contribution in [0.15, 0.2) is 30.6 Å². The second kappa shape index (κ2) is 4.06. The number of Topliss-reactive ketones (excluding diaryl/α,β-unsaturated/α-hetero) is 1. The molecule has 0 saturated heterocycles. The molecule has 16 heavy (non-hydrogen) atoms. The molecule has 0 bridgehead atoms. The monoisotopic (exact) mass is 238 g/mol. The number of aromatic nitrogens is 2. The van der Waals surface area contributed by atoms with Gasteiger partial charge in [-0.25, -0.2) is 9.07 Å². The van der Waals surface area contributed by atoms with Gasteiger partial charge < -0.3 is 0 Å². The standard InChI is InChI=1S/C11H8ClFN2O/c1-7(16)8-5-14-15(6-8)10-4-2-3-9(12)11(10)13/h2-6H,1H3. The Morgan fingerprint density at radius 2 is 2.25 bits per heavy atom. The molecule has 82 valence electrons. The summed E-state index contributed by atoms with van der Waals surface area (Å²) in [5.41, 5.74) is 0.652. The maximum absolute atomic E-state index is 13.6. The maximum Gasteiger partial charge on any atom is 0.167 e. The van der Waals surface area contributed by atoms with Crippen LogP contribution in [0, 0.1) is 5.82 Å². The van der Waals surface area contributed by atoms with Crippen molar-refractivity contribution in [3.8, 4) is 5.69 Å². The van der Waals surface area contributed by atoms with Gasteiger partial charge in [-0.2, -0.15) is 5.10 Å². The zero-order valence-electron chi connectivity index (χ0n) is 8.45. The molecule has 0 radical (unpaired) electrons. The molecule has 3 nitrogen and oxygen atoms in total. The van der Waals surface area contributed by atoms with Gasteiger partial charge in [0, 0.05) is 6.20 Å². The molecule has 0 saturated carbocycles. The quantitative estimate of drug-likeness (QED) is 0.754. The highest BCUT2D eigenvalue weighted by atomic mass is 35.5. The first kappa shape index (κ1) is 10.8. The van der Waals surface area contributed by atoms with Gasteiger partial charge in [0.25, 0.3) is 0 Å². The first-order valence-electron chi connectivity index (χ1n) is 4.59. The summed E-state index contributed by atoms with van der Waals surface area (Å²) in [6, 6.07) is 4.61. The van der Waals surface area contributed by atoms with Crippen LogP contribution in [0.5, 0.6) is 0 Å². The van der Waals surface area contributed by atoms with Crippen molar-refractivity contribution in [1.29, 1.82) is 0 Å². The van der Waals surface area contributed by atoms with Crippen molar-refractivity contribution in [2.24, 2.45) is 0 Å². The normalized spacial score (nSPS) is 10.4. The molecule has 0 spiro atoms. The van der Waals surface area contributed by atoms with Crippen LogP contribution >= 0.6 is 11.6 Å². The maximum atomic E-state index is 13.6. The molecule has 0 amide bonds. The molecule has 1 aromatic heterocycles. The van der Waals surface area contributed by atoms with Crippen molar-refractivity contribution in [3.63, 3.8) is 0 Å². The molecular weight excluding hydrogens is 231 g/mol. The molecule has 0 unspecified atom stereocenters. The van der Waals surface area contributed by atoms with Gasteiger partial charge in [-0.3, -0.25) is 4.79 Å². The summed E-state index contributed by atoms with van der Waals surface area (Å²) >= 11 is 5.65. The topological polar surface area (TPSA) is 34.9 Å². The molecule has 1 heterocycles. The molecule has 2 rings (SSSR count). The zero-order chi connectivity index (χ0) is 11.7. The van der Waals surface area contributed by atoms with Gasteiger partial charge in [0.15, 0.2) is 11.6 Å². The number of hydrogen-bond donors (Lipinski definition) is 0. The van der Waals surface area contributed by atoms with Crippen molar-refractivity contribution < 1.29 is 9.18 Å². The van der Waals surface area contributed by atoms with Crippen LogP contribution < -0.4 is 0 Å². The van der Waals surface area contributed by atoms with E-state index in [4.69, 9.17) is 11.6 Å². The smallest absolute Gasteiger partial charge is 0.167 e. The minimum atomic E-state index is -0.553. The van der Waals surface area contributed by atoms with Gasteiger partial charge in [-0.1, -0.05) is 17.7 Å². The third-order valence-electron chi connectivity index (χ3n) is 2.17. The van der Waals surface area contributed by atoms with Crippen LogP contribution in [0.1, 0.15) is 17.3 Å². The van der Waals surface area contributed by atoms with E-state index in [-0.39, 0.29) is 16.5 Å². The highest BCUT2D eigenvalue weighted by molar-refractivity contribution is 6.30. The predicted octanol–water partition coefficient (Wildman–Crippen LogP) is 2.87. The van der Waals surface area contributed by atoms with E-state index in [1.807, 2.05) is 0 Å². The molecule has 0 N–H and O–H groups in total. The van der Waals surface area contributed by atoms with Crippen molar-refractivity contribution >= 4 is 17.4 Å². The highest BCUT2D eigenvalue weighted by Crippen LogP contribution is 2.20. The van der Waals surface area contributed by atoms with E-state index < -0.39 is 5.82 Å². The molecule has 0 atom stereocenters. The Kier molecular flexibility index (Phi) is 2.75. The first-order valence-corrected chi connectivity index (χ1v) is 4.97. The van der Waals surface area contributed by atoms with E-state index in [9.17, 15) is 9.18 Å². The Hall–Kier alpha value is -1.68. The van der Waals surface area contributed by atoms with Gasteiger partial charge in [0.2, 0.25) is 0 Å². The molecule has 2 aromatic rings. The minimum absolute atomic E-state index is 0.0253. The van der Waals surface area contributed by atoms with Crippen molar-refractivity contribution in [1.82, 2.24) is 9.78 Å². The van der Waals surface area contributed by atoms with E-state index in [0.717, 1.165) is 0 Å². The second-order valence-electron chi connectivity index (χ2n) is 3.30. The molecule has 5 heteroatoms. The fraction of sp³-hybridized carbons (Fsp3) is 0.0909. The minimum Gasteiger partial charge on any atom is -0.294 e. The van der Waals surface area contributed by atoms with Crippen LogP contribution in [-0.2, 0) is 0 Å². The number of benzene rings is 1. The summed E-state index contributed by atoms with van der Waals surface area (Å²) < 4.78 is 14.9. The Morgan fingerprint density at radius 1 is 1.50 bits per heavy atom. The Labute approximate surface area is 96.5 Å².